The van der Waals surface area contributed by atoms with E-state index in [1.54, 1.807) is 0 Å². The van der Waals surface area contributed by atoms with Gasteiger partial charge in [0.05, 0.1) is 6.04 Å². The van der Waals surface area contributed by atoms with Gasteiger partial charge in [0.1, 0.15) is 5.58 Å². The molecule has 0 spiro atoms. The highest BCUT2D eigenvalue weighted by Gasteiger charge is 2.27. The molecule has 1 aliphatic heterocycles. The molecule has 0 bridgehead atoms. The lowest BCUT2D eigenvalue weighted by Crippen LogP contribution is -2.44. The number of para-hydroxylation sites is 1. The van der Waals surface area contributed by atoms with Gasteiger partial charge in [0, 0.05) is 30.6 Å². The van der Waals surface area contributed by atoms with Crippen LogP contribution < -0.4 is 5.32 Å². The number of piperazine rings is 1. The van der Waals surface area contributed by atoms with Gasteiger partial charge in [-0.25, -0.2) is 0 Å². The van der Waals surface area contributed by atoms with Crippen molar-refractivity contribution < 1.29 is 8.94 Å². The monoisotopic (exact) mass is 348 g/mol. The minimum Gasteiger partial charge on any atom is -0.450 e. The number of aryl methyl sites for hydroxylation is 2. The highest BCUT2D eigenvalue weighted by Crippen LogP contribution is 2.34. The van der Waals surface area contributed by atoms with Crippen molar-refractivity contribution in [2.45, 2.75) is 19.9 Å². The number of nitrogens with zero attached hydrogens (tertiary/aromatic N) is 3. The molecule has 0 saturated carbocycles. The Hall–Kier alpha value is -1.89. The molecule has 7 heteroatoms. The lowest BCUT2D eigenvalue weighted by Gasteiger charge is -2.30. The van der Waals surface area contributed by atoms with Crippen LogP contribution in [0.5, 0.6) is 0 Å². The van der Waals surface area contributed by atoms with Crippen molar-refractivity contribution in [2.75, 3.05) is 26.7 Å². The number of fused-ring (bicyclic) bond motifs is 1. The standard InChI is InChI=1S/C17H20N4O2.ClH/c1-10-5-4-6-12-11(2)15(22-14(10)12)17-19-16(20-23-17)13-9-18-7-8-21(13)3;/h4-6,13,18H,7-9H2,1-3H3;1H. The summed E-state index contributed by atoms with van der Waals surface area (Å²) in [5, 5.41) is 8.63. The summed E-state index contributed by atoms with van der Waals surface area (Å²) in [6, 6.07) is 6.26. The normalized spacial score (nSPS) is 18.7. The maximum absolute atomic E-state index is 6.02. The third-order valence-corrected chi connectivity index (χ3v) is 4.61. The van der Waals surface area contributed by atoms with Crippen LogP contribution in [0.4, 0.5) is 0 Å². The first-order valence-electron chi connectivity index (χ1n) is 7.89. The quantitative estimate of drug-likeness (QED) is 0.767. The average Bonchev–Trinajstić information content (AvgIpc) is 3.14. The Morgan fingerprint density at radius 3 is 2.88 bits per heavy atom. The average molecular weight is 349 g/mol. The Kier molecular flexibility index (Phi) is 4.62. The van der Waals surface area contributed by atoms with E-state index in [2.05, 4.69) is 33.5 Å². The maximum Gasteiger partial charge on any atom is 0.294 e. The minimum atomic E-state index is 0. The summed E-state index contributed by atoms with van der Waals surface area (Å²) in [6.07, 6.45) is 0. The first-order chi connectivity index (χ1) is 11.1. The SMILES string of the molecule is Cc1c(-c2nc(C3CNCCN3C)no2)oc2c(C)cccc12.Cl. The summed E-state index contributed by atoms with van der Waals surface area (Å²) in [6.45, 7) is 6.85. The molecule has 2 aromatic heterocycles. The molecule has 0 amide bonds. The van der Waals surface area contributed by atoms with Gasteiger partial charge < -0.3 is 14.3 Å². The third-order valence-electron chi connectivity index (χ3n) is 4.61. The second-order valence-electron chi connectivity index (χ2n) is 6.17. The van der Waals surface area contributed by atoms with E-state index in [0.29, 0.717) is 17.5 Å². The minimum absolute atomic E-state index is 0. The molecule has 128 valence electrons. The summed E-state index contributed by atoms with van der Waals surface area (Å²) in [5.41, 5.74) is 3.03. The highest BCUT2D eigenvalue weighted by molar-refractivity contribution is 5.88. The van der Waals surface area contributed by atoms with E-state index in [0.717, 1.165) is 41.7 Å². The van der Waals surface area contributed by atoms with Crippen LogP contribution in [0.3, 0.4) is 0 Å². The molecule has 1 aromatic carbocycles. The molecule has 1 aliphatic rings. The van der Waals surface area contributed by atoms with Gasteiger partial charge in [-0.3, -0.25) is 4.90 Å². The van der Waals surface area contributed by atoms with Gasteiger partial charge in [0.25, 0.3) is 5.89 Å². The van der Waals surface area contributed by atoms with Crippen LogP contribution in [-0.4, -0.2) is 41.7 Å². The van der Waals surface area contributed by atoms with Crippen molar-refractivity contribution in [1.29, 1.82) is 0 Å². The van der Waals surface area contributed by atoms with Crippen LogP contribution in [-0.2, 0) is 0 Å². The van der Waals surface area contributed by atoms with Crippen LogP contribution >= 0.6 is 12.4 Å². The fourth-order valence-corrected chi connectivity index (χ4v) is 3.14. The molecular formula is C17H21ClN4O2. The smallest absolute Gasteiger partial charge is 0.294 e. The molecule has 6 nitrogen and oxygen atoms in total. The number of benzene rings is 1. The summed E-state index contributed by atoms with van der Waals surface area (Å²) < 4.78 is 11.5. The molecule has 24 heavy (non-hydrogen) atoms. The number of rotatable bonds is 2. The zero-order valence-electron chi connectivity index (χ0n) is 14.0. The van der Waals surface area contributed by atoms with Gasteiger partial charge in [0.2, 0.25) is 0 Å². The molecule has 0 aliphatic carbocycles. The molecule has 3 aromatic rings. The third kappa shape index (κ3) is 2.70. The van der Waals surface area contributed by atoms with Gasteiger partial charge in [-0.2, -0.15) is 4.98 Å². The van der Waals surface area contributed by atoms with Crippen molar-refractivity contribution in [2.24, 2.45) is 0 Å². The maximum atomic E-state index is 6.02. The van der Waals surface area contributed by atoms with E-state index in [-0.39, 0.29) is 18.4 Å². The summed E-state index contributed by atoms with van der Waals surface area (Å²) in [7, 11) is 2.08. The van der Waals surface area contributed by atoms with Gasteiger partial charge in [0.15, 0.2) is 11.6 Å². The second kappa shape index (κ2) is 6.55. The van der Waals surface area contributed by atoms with E-state index in [4.69, 9.17) is 8.94 Å². The lowest BCUT2D eigenvalue weighted by molar-refractivity contribution is 0.190. The molecule has 1 saturated heterocycles. The zero-order valence-corrected chi connectivity index (χ0v) is 14.8. The van der Waals surface area contributed by atoms with Crippen molar-refractivity contribution >= 4 is 23.4 Å². The molecule has 3 heterocycles. The Balaban J connectivity index is 0.00000169. The van der Waals surface area contributed by atoms with Crippen LogP contribution in [0.1, 0.15) is 23.0 Å². The first kappa shape index (κ1) is 17.0. The highest BCUT2D eigenvalue weighted by atomic mass is 35.5. The van der Waals surface area contributed by atoms with Gasteiger partial charge in [-0.1, -0.05) is 23.4 Å². The zero-order chi connectivity index (χ0) is 16.0. The van der Waals surface area contributed by atoms with Crippen LogP contribution in [0.25, 0.3) is 22.6 Å². The van der Waals surface area contributed by atoms with Crippen molar-refractivity contribution in [3.63, 3.8) is 0 Å². The van der Waals surface area contributed by atoms with E-state index in [9.17, 15) is 0 Å². The molecule has 1 unspecified atom stereocenters. The number of hydrogen-bond donors (Lipinski definition) is 1. The van der Waals surface area contributed by atoms with Gasteiger partial charge in [-0.05, 0) is 26.5 Å². The van der Waals surface area contributed by atoms with E-state index < -0.39 is 0 Å². The predicted molar refractivity (Wildman–Crippen MR) is 94.5 cm³/mol. The number of likely N-dealkylation sites (N-methyl/N-ethyl adjacent to an activating group) is 1. The number of halogens is 1. The van der Waals surface area contributed by atoms with Crippen LogP contribution in [0.15, 0.2) is 27.1 Å². The summed E-state index contributed by atoms with van der Waals surface area (Å²) >= 11 is 0. The fraction of sp³-hybridized carbons (Fsp3) is 0.412. The predicted octanol–water partition coefficient (Wildman–Crippen LogP) is 3.10. The van der Waals surface area contributed by atoms with Crippen LogP contribution in [0, 0.1) is 13.8 Å². The second-order valence-corrected chi connectivity index (χ2v) is 6.17. The van der Waals surface area contributed by atoms with E-state index in [1.807, 2.05) is 26.0 Å². The summed E-state index contributed by atoms with van der Waals surface area (Å²) in [5.74, 6) is 1.82. The number of furan rings is 1. The van der Waals surface area contributed by atoms with E-state index in [1.165, 1.54) is 0 Å². The van der Waals surface area contributed by atoms with Gasteiger partial charge in [-0.15, -0.1) is 12.4 Å². The Bertz CT molecular complexity index is 858. The Morgan fingerprint density at radius 2 is 2.12 bits per heavy atom. The summed E-state index contributed by atoms with van der Waals surface area (Å²) in [4.78, 5) is 6.82. The van der Waals surface area contributed by atoms with E-state index >= 15 is 0 Å². The molecule has 1 fully saturated rings. The number of aromatic nitrogens is 2. The Morgan fingerprint density at radius 1 is 1.29 bits per heavy atom. The molecular weight excluding hydrogens is 328 g/mol. The molecule has 1 N–H and O–H groups in total. The van der Waals surface area contributed by atoms with Gasteiger partial charge >= 0.3 is 0 Å². The Labute approximate surface area is 146 Å². The fourth-order valence-electron chi connectivity index (χ4n) is 3.14. The number of hydrogen-bond acceptors (Lipinski definition) is 6. The molecule has 4 rings (SSSR count). The molecule has 0 radical (unpaired) electrons. The van der Waals surface area contributed by atoms with Crippen molar-refractivity contribution in [3.05, 3.63) is 35.2 Å². The topological polar surface area (TPSA) is 67.3 Å². The lowest BCUT2D eigenvalue weighted by atomic mass is 10.1. The van der Waals surface area contributed by atoms with Crippen LogP contribution in [0.2, 0.25) is 0 Å². The van der Waals surface area contributed by atoms with Crippen molar-refractivity contribution in [1.82, 2.24) is 20.4 Å². The first-order valence-corrected chi connectivity index (χ1v) is 7.89. The largest absolute Gasteiger partial charge is 0.450 e. The number of nitrogens with one attached hydrogen (secondary N) is 1. The molecule has 1 atom stereocenters. The van der Waals surface area contributed by atoms with Crippen molar-refractivity contribution in [3.8, 4) is 11.7 Å².